The number of nitrogens with zero attached hydrogens (tertiary/aromatic N) is 2. The molecule has 0 spiro atoms. The Morgan fingerprint density at radius 2 is 1.39 bits per heavy atom. The van der Waals surface area contributed by atoms with Gasteiger partial charge in [0.05, 0.1) is 30.2 Å². The van der Waals surface area contributed by atoms with Gasteiger partial charge < -0.3 is 9.47 Å². The summed E-state index contributed by atoms with van der Waals surface area (Å²) in [4.78, 5) is 12.8. The van der Waals surface area contributed by atoms with Crippen LogP contribution in [0.2, 0.25) is 0 Å². The highest BCUT2D eigenvalue weighted by molar-refractivity contribution is 6.32. The summed E-state index contributed by atoms with van der Waals surface area (Å²) in [5.41, 5.74) is 2.98. The number of anilines is 1. The summed E-state index contributed by atoms with van der Waals surface area (Å²) in [6.07, 6.45) is 2.65. The zero-order valence-corrected chi connectivity index (χ0v) is 17.4. The number of carbonyl (C=O) groups is 1. The molecule has 156 valence electrons. The van der Waals surface area contributed by atoms with E-state index in [1.165, 1.54) is 5.01 Å². The van der Waals surface area contributed by atoms with Gasteiger partial charge in [0, 0.05) is 6.42 Å². The molecule has 0 aliphatic carbocycles. The van der Waals surface area contributed by atoms with Crippen LogP contribution in [0.1, 0.15) is 18.9 Å². The van der Waals surface area contributed by atoms with E-state index in [9.17, 15) is 4.79 Å². The molecule has 0 radical (unpaired) electrons. The maximum Gasteiger partial charge on any atom is 0.280 e. The van der Waals surface area contributed by atoms with Gasteiger partial charge in [-0.2, -0.15) is 10.1 Å². The fourth-order valence-corrected chi connectivity index (χ4v) is 3.21. The highest BCUT2D eigenvalue weighted by Crippen LogP contribution is 2.25. The number of amides is 1. The maximum absolute atomic E-state index is 12.8. The summed E-state index contributed by atoms with van der Waals surface area (Å²) in [5.74, 6) is 1.53. The van der Waals surface area contributed by atoms with Crippen LogP contribution in [0.4, 0.5) is 5.69 Å². The summed E-state index contributed by atoms with van der Waals surface area (Å²) >= 11 is 0. The first-order valence-electron chi connectivity index (χ1n) is 10.3. The lowest BCUT2D eigenvalue weighted by atomic mass is 10.1. The number of para-hydroxylation sites is 2. The van der Waals surface area contributed by atoms with Crippen LogP contribution in [-0.4, -0.2) is 24.8 Å². The summed E-state index contributed by atoms with van der Waals surface area (Å²) in [6.45, 7) is 3.03. The zero-order valence-electron chi connectivity index (χ0n) is 17.4. The SMILES string of the molecule is CC1=NN(c2ccccc2)C(=O)/C1=C/c1ccc(OCCCOc2ccccc2)cc1. The van der Waals surface area contributed by atoms with E-state index < -0.39 is 0 Å². The molecule has 0 saturated carbocycles. The normalized spacial score (nSPS) is 14.6. The molecule has 0 N–H and O–H groups in total. The lowest BCUT2D eigenvalue weighted by molar-refractivity contribution is -0.114. The molecule has 0 saturated heterocycles. The zero-order chi connectivity index (χ0) is 21.5. The Labute approximate surface area is 182 Å². The second-order valence-corrected chi connectivity index (χ2v) is 7.13. The van der Waals surface area contributed by atoms with E-state index in [2.05, 4.69) is 5.10 Å². The number of hydrogen-bond acceptors (Lipinski definition) is 4. The standard InChI is InChI=1S/C26H24N2O3/c1-20-25(26(29)28(27-20)22-9-4-2-5-10-22)19-21-13-15-24(16-14-21)31-18-8-17-30-23-11-6-3-7-12-23/h2-7,9-16,19H,8,17-18H2,1H3/b25-19+. The number of benzene rings is 3. The molecule has 5 nitrogen and oxygen atoms in total. The van der Waals surface area contributed by atoms with Crippen molar-refractivity contribution in [2.24, 2.45) is 5.10 Å². The average Bonchev–Trinajstić information content (AvgIpc) is 3.09. The first-order valence-corrected chi connectivity index (χ1v) is 10.3. The van der Waals surface area contributed by atoms with Crippen LogP contribution in [0, 0.1) is 0 Å². The van der Waals surface area contributed by atoms with Gasteiger partial charge in [0.2, 0.25) is 0 Å². The molecule has 1 heterocycles. The van der Waals surface area contributed by atoms with Crippen LogP contribution in [0.3, 0.4) is 0 Å². The van der Waals surface area contributed by atoms with Gasteiger partial charge in [-0.15, -0.1) is 0 Å². The fourth-order valence-electron chi connectivity index (χ4n) is 3.21. The van der Waals surface area contributed by atoms with Crippen LogP contribution < -0.4 is 14.5 Å². The van der Waals surface area contributed by atoms with Crippen molar-refractivity contribution in [1.29, 1.82) is 0 Å². The van der Waals surface area contributed by atoms with Crippen molar-refractivity contribution >= 4 is 23.4 Å². The fraction of sp³-hybridized carbons (Fsp3) is 0.154. The molecule has 0 unspecified atom stereocenters. The number of carbonyl (C=O) groups excluding carboxylic acids is 1. The Hall–Kier alpha value is -3.86. The van der Waals surface area contributed by atoms with E-state index in [1.807, 2.05) is 97.9 Å². The van der Waals surface area contributed by atoms with Gasteiger partial charge in [-0.25, -0.2) is 0 Å². The Bertz CT molecular complexity index is 1070. The van der Waals surface area contributed by atoms with E-state index in [0.29, 0.717) is 24.5 Å². The van der Waals surface area contributed by atoms with Crippen molar-refractivity contribution in [3.63, 3.8) is 0 Å². The Kier molecular flexibility index (Phi) is 6.43. The topological polar surface area (TPSA) is 51.1 Å². The third kappa shape index (κ3) is 5.20. The molecule has 0 bridgehead atoms. The molecule has 1 aliphatic rings. The molecule has 0 fully saturated rings. The van der Waals surface area contributed by atoms with Crippen LogP contribution in [-0.2, 0) is 4.79 Å². The Morgan fingerprint density at radius 1 is 0.806 bits per heavy atom. The highest BCUT2D eigenvalue weighted by atomic mass is 16.5. The van der Waals surface area contributed by atoms with Crippen molar-refractivity contribution in [3.05, 3.63) is 96.1 Å². The lowest BCUT2D eigenvalue weighted by Crippen LogP contribution is -2.21. The molecule has 31 heavy (non-hydrogen) atoms. The second-order valence-electron chi connectivity index (χ2n) is 7.13. The number of rotatable bonds is 8. The van der Waals surface area contributed by atoms with Gasteiger partial charge in [-0.05, 0) is 55.0 Å². The number of hydrogen-bond donors (Lipinski definition) is 0. The van der Waals surface area contributed by atoms with E-state index in [-0.39, 0.29) is 5.91 Å². The molecule has 4 rings (SSSR count). The minimum atomic E-state index is -0.123. The van der Waals surface area contributed by atoms with E-state index >= 15 is 0 Å². The van der Waals surface area contributed by atoms with E-state index in [0.717, 1.165) is 29.2 Å². The summed E-state index contributed by atoms with van der Waals surface area (Å²) in [7, 11) is 0. The summed E-state index contributed by atoms with van der Waals surface area (Å²) in [6, 6.07) is 26.9. The van der Waals surface area contributed by atoms with Gasteiger partial charge >= 0.3 is 0 Å². The Morgan fingerprint density at radius 3 is 2.03 bits per heavy atom. The third-order valence-electron chi connectivity index (χ3n) is 4.82. The summed E-state index contributed by atoms with van der Waals surface area (Å²) < 4.78 is 11.4. The van der Waals surface area contributed by atoms with Gasteiger partial charge in [0.1, 0.15) is 11.5 Å². The Balaban J connectivity index is 1.30. The van der Waals surface area contributed by atoms with Gasteiger partial charge in [0.25, 0.3) is 5.91 Å². The smallest absolute Gasteiger partial charge is 0.280 e. The third-order valence-corrected chi connectivity index (χ3v) is 4.82. The molecule has 3 aromatic carbocycles. The number of hydrazone groups is 1. The largest absolute Gasteiger partial charge is 0.493 e. The first-order chi connectivity index (χ1) is 15.2. The second kappa shape index (κ2) is 9.76. The van der Waals surface area contributed by atoms with Crippen molar-refractivity contribution < 1.29 is 14.3 Å². The maximum atomic E-state index is 12.8. The molecular formula is C26H24N2O3. The van der Waals surface area contributed by atoms with Crippen molar-refractivity contribution in [2.45, 2.75) is 13.3 Å². The lowest BCUT2D eigenvalue weighted by Gasteiger charge is -2.11. The first kappa shape index (κ1) is 20.4. The quantitative estimate of drug-likeness (QED) is 0.371. The molecule has 0 aromatic heterocycles. The van der Waals surface area contributed by atoms with E-state index in [1.54, 1.807) is 0 Å². The van der Waals surface area contributed by atoms with Gasteiger partial charge in [-0.3, -0.25) is 4.79 Å². The minimum Gasteiger partial charge on any atom is -0.493 e. The monoisotopic (exact) mass is 412 g/mol. The van der Waals surface area contributed by atoms with Crippen LogP contribution >= 0.6 is 0 Å². The highest BCUT2D eigenvalue weighted by Gasteiger charge is 2.28. The predicted octanol–water partition coefficient (Wildman–Crippen LogP) is 5.34. The molecule has 1 aliphatic heterocycles. The van der Waals surface area contributed by atoms with Crippen molar-refractivity contribution in [3.8, 4) is 11.5 Å². The van der Waals surface area contributed by atoms with Crippen molar-refractivity contribution in [1.82, 2.24) is 0 Å². The van der Waals surface area contributed by atoms with Crippen molar-refractivity contribution in [2.75, 3.05) is 18.2 Å². The van der Waals surface area contributed by atoms with Gasteiger partial charge in [-0.1, -0.05) is 48.5 Å². The van der Waals surface area contributed by atoms with Crippen LogP contribution in [0.5, 0.6) is 11.5 Å². The van der Waals surface area contributed by atoms with E-state index in [4.69, 9.17) is 9.47 Å². The predicted molar refractivity (Wildman–Crippen MR) is 124 cm³/mol. The minimum absolute atomic E-state index is 0.123. The molecule has 3 aromatic rings. The molecular weight excluding hydrogens is 388 g/mol. The van der Waals surface area contributed by atoms with Crippen LogP contribution in [0.15, 0.2) is 95.6 Å². The molecule has 5 heteroatoms. The van der Waals surface area contributed by atoms with Crippen LogP contribution in [0.25, 0.3) is 6.08 Å². The molecule has 1 amide bonds. The van der Waals surface area contributed by atoms with Gasteiger partial charge in [0.15, 0.2) is 0 Å². The average molecular weight is 412 g/mol. The summed E-state index contributed by atoms with van der Waals surface area (Å²) in [5, 5.41) is 5.85. The molecule has 0 atom stereocenters. The number of ether oxygens (including phenoxy) is 2.